The number of fused-ring (bicyclic) bond motifs is 5. The minimum Gasteiger partial charge on any atom is -0.481 e. The SMILES string of the molecule is CCCCCCCCCCCCCCCCCC(=O)C(C[C@@H](C)[C@H]1CC[C@H]2[C@@H]3CCC4CCCC[C@]4(C)[C@H]3CC[C@]12C)C(=O)O. The molecule has 4 rings (SSSR count). The lowest BCUT2D eigenvalue weighted by atomic mass is 9.44. The molecule has 0 aromatic carbocycles. The van der Waals surface area contributed by atoms with Gasteiger partial charge in [-0.1, -0.05) is 130 Å². The van der Waals surface area contributed by atoms with Crippen molar-refractivity contribution >= 4 is 11.8 Å². The Bertz CT molecular complexity index is 896. The molecule has 4 aliphatic carbocycles. The first-order chi connectivity index (χ1) is 21.7. The molecule has 3 heteroatoms. The van der Waals surface area contributed by atoms with Gasteiger partial charge in [-0.15, -0.1) is 0 Å². The maximum Gasteiger partial charge on any atom is 0.314 e. The summed E-state index contributed by atoms with van der Waals surface area (Å²) in [5.74, 6) is 2.75. The molecule has 0 aromatic heterocycles. The molecule has 0 amide bonds. The van der Waals surface area contributed by atoms with Crippen LogP contribution in [0.25, 0.3) is 0 Å². The van der Waals surface area contributed by atoms with E-state index in [0.717, 1.165) is 36.5 Å². The van der Waals surface area contributed by atoms with E-state index in [0.29, 0.717) is 35.5 Å². The quantitative estimate of drug-likeness (QED) is 0.102. The number of rotatable bonds is 21. The van der Waals surface area contributed by atoms with Crippen LogP contribution in [0.1, 0.15) is 201 Å². The summed E-state index contributed by atoms with van der Waals surface area (Å²) in [5, 5.41) is 10.1. The number of carboxylic acids is 1. The van der Waals surface area contributed by atoms with E-state index in [1.807, 2.05) is 0 Å². The van der Waals surface area contributed by atoms with E-state index in [1.54, 1.807) is 0 Å². The highest BCUT2D eigenvalue weighted by Gasteiger charge is 2.60. The molecule has 4 aliphatic rings. The summed E-state index contributed by atoms with van der Waals surface area (Å²) < 4.78 is 0. The highest BCUT2D eigenvalue weighted by atomic mass is 16.4. The molecule has 0 heterocycles. The predicted molar refractivity (Wildman–Crippen MR) is 189 cm³/mol. The molecule has 0 bridgehead atoms. The van der Waals surface area contributed by atoms with Gasteiger partial charge in [-0.2, -0.15) is 0 Å². The van der Waals surface area contributed by atoms with Crippen LogP contribution in [0, 0.1) is 52.3 Å². The summed E-state index contributed by atoms with van der Waals surface area (Å²) in [7, 11) is 0. The zero-order valence-corrected chi connectivity index (χ0v) is 30.4. The second-order valence-corrected chi connectivity index (χ2v) is 17.4. The van der Waals surface area contributed by atoms with Crippen molar-refractivity contribution in [2.75, 3.05) is 0 Å². The van der Waals surface area contributed by atoms with Crippen LogP contribution < -0.4 is 0 Å². The Labute approximate surface area is 279 Å². The molecule has 0 saturated heterocycles. The number of hydrogen-bond donors (Lipinski definition) is 1. The monoisotopic (exact) mass is 627 g/mol. The van der Waals surface area contributed by atoms with Gasteiger partial charge in [0.15, 0.2) is 0 Å². The zero-order chi connectivity index (χ0) is 32.3. The Hall–Kier alpha value is -0.860. The van der Waals surface area contributed by atoms with E-state index in [4.69, 9.17) is 0 Å². The number of aliphatic carboxylic acids is 1. The van der Waals surface area contributed by atoms with E-state index >= 15 is 0 Å². The summed E-state index contributed by atoms with van der Waals surface area (Å²) >= 11 is 0. The lowest BCUT2D eigenvalue weighted by Crippen LogP contribution is -2.53. The molecule has 4 fully saturated rings. The lowest BCUT2D eigenvalue weighted by Gasteiger charge is -2.61. The Morgan fingerprint density at radius 1 is 0.667 bits per heavy atom. The highest BCUT2D eigenvalue weighted by molar-refractivity contribution is 5.98. The first-order valence-corrected chi connectivity index (χ1v) is 20.5. The molecule has 0 aliphatic heterocycles. The van der Waals surface area contributed by atoms with Gasteiger partial charge in [0.05, 0.1) is 0 Å². The van der Waals surface area contributed by atoms with Gasteiger partial charge in [0, 0.05) is 6.42 Å². The molecular formula is C42H74O3. The maximum atomic E-state index is 13.2. The molecule has 1 N–H and O–H groups in total. The van der Waals surface area contributed by atoms with Gasteiger partial charge >= 0.3 is 5.97 Å². The third kappa shape index (κ3) is 9.40. The van der Waals surface area contributed by atoms with Crippen LogP contribution in [0.3, 0.4) is 0 Å². The van der Waals surface area contributed by atoms with Gasteiger partial charge < -0.3 is 5.11 Å². The number of hydrogen-bond acceptors (Lipinski definition) is 2. The zero-order valence-electron chi connectivity index (χ0n) is 30.4. The van der Waals surface area contributed by atoms with E-state index in [9.17, 15) is 14.7 Å². The fourth-order valence-corrected chi connectivity index (χ4v) is 12.0. The van der Waals surface area contributed by atoms with Gasteiger partial charge in [-0.25, -0.2) is 0 Å². The second kappa shape index (κ2) is 18.1. The van der Waals surface area contributed by atoms with Crippen LogP contribution in [0.4, 0.5) is 0 Å². The van der Waals surface area contributed by atoms with E-state index in [2.05, 4.69) is 27.7 Å². The van der Waals surface area contributed by atoms with Crippen LogP contribution in [0.15, 0.2) is 0 Å². The number of Topliss-reactive ketones (excluding diaryl/α,β-unsaturated/α-hetero) is 1. The Morgan fingerprint density at radius 2 is 1.24 bits per heavy atom. The summed E-state index contributed by atoms with van der Waals surface area (Å²) in [6.45, 7) is 9.81. The predicted octanol–water partition coefficient (Wildman–Crippen LogP) is 12.6. The fraction of sp³-hybridized carbons (Fsp3) is 0.952. The van der Waals surface area contributed by atoms with Crippen LogP contribution in [0.2, 0.25) is 0 Å². The normalized spacial score (nSPS) is 34.0. The van der Waals surface area contributed by atoms with Crippen molar-refractivity contribution in [3.05, 3.63) is 0 Å². The van der Waals surface area contributed by atoms with Crippen molar-refractivity contribution in [2.24, 2.45) is 52.3 Å². The first-order valence-electron chi connectivity index (χ1n) is 20.5. The van der Waals surface area contributed by atoms with Crippen molar-refractivity contribution in [1.82, 2.24) is 0 Å². The van der Waals surface area contributed by atoms with E-state index < -0.39 is 11.9 Å². The third-order valence-corrected chi connectivity index (χ3v) is 14.7. The second-order valence-electron chi connectivity index (χ2n) is 17.4. The van der Waals surface area contributed by atoms with Gasteiger partial charge in [0.2, 0.25) is 0 Å². The maximum absolute atomic E-state index is 13.2. The minimum absolute atomic E-state index is 0.00371. The topological polar surface area (TPSA) is 54.4 Å². The molecule has 260 valence electrons. The molecular weight excluding hydrogens is 552 g/mol. The summed E-state index contributed by atoms with van der Waals surface area (Å²) in [4.78, 5) is 25.6. The standard InChI is InChI=1S/C42H74O3/c1-5-6-7-8-9-10-11-12-13-14-15-16-17-18-19-23-39(43)35(40(44)45)31-32(2)36-26-27-37-34-25-24-33-22-20-21-29-41(33,3)38(34)28-30-42(36,37)4/h32-38H,5-31H2,1-4H3,(H,44,45)/t32-,33?,34+,35?,36-,37+,38+,41+,42-/m1/s1. The molecule has 0 radical (unpaired) electrons. The van der Waals surface area contributed by atoms with Crippen LogP contribution in [-0.2, 0) is 9.59 Å². The summed E-state index contributed by atoms with van der Waals surface area (Å²) in [6, 6.07) is 0. The molecule has 0 spiro atoms. The Balaban J connectivity index is 1.13. The molecule has 2 unspecified atom stereocenters. The first kappa shape index (κ1) is 37.0. The molecule has 0 aromatic rings. The lowest BCUT2D eigenvalue weighted by molar-refractivity contribution is -0.148. The molecule has 4 saturated carbocycles. The molecule has 45 heavy (non-hydrogen) atoms. The Kier molecular flexibility index (Phi) is 14.8. The largest absolute Gasteiger partial charge is 0.481 e. The number of carbonyl (C=O) groups is 2. The summed E-state index contributed by atoms with van der Waals surface area (Å²) in [6.07, 6.45) is 34.5. The van der Waals surface area contributed by atoms with Crippen molar-refractivity contribution in [3.8, 4) is 0 Å². The molecule has 3 nitrogen and oxygen atoms in total. The van der Waals surface area contributed by atoms with E-state index in [-0.39, 0.29) is 5.78 Å². The van der Waals surface area contributed by atoms with E-state index in [1.165, 1.54) is 148 Å². The number of unbranched alkanes of at least 4 members (excludes halogenated alkanes) is 14. The number of carbonyl (C=O) groups excluding carboxylic acids is 1. The smallest absolute Gasteiger partial charge is 0.314 e. The highest BCUT2D eigenvalue weighted by Crippen LogP contribution is 2.68. The van der Waals surface area contributed by atoms with Gasteiger partial charge in [-0.3, -0.25) is 9.59 Å². The van der Waals surface area contributed by atoms with Crippen molar-refractivity contribution in [3.63, 3.8) is 0 Å². The number of ketones is 1. The van der Waals surface area contributed by atoms with Gasteiger partial charge in [-0.05, 0) is 111 Å². The third-order valence-electron chi connectivity index (χ3n) is 14.7. The summed E-state index contributed by atoms with van der Waals surface area (Å²) in [5.41, 5.74) is 0.902. The Morgan fingerprint density at radius 3 is 1.84 bits per heavy atom. The van der Waals surface area contributed by atoms with Crippen molar-refractivity contribution < 1.29 is 14.7 Å². The average molecular weight is 627 g/mol. The average Bonchev–Trinajstić information content (AvgIpc) is 3.38. The van der Waals surface area contributed by atoms with Crippen LogP contribution >= 0.6 is 0 Å². The fourth-order valence-electron chi connectivity index (χ4n) is 12.0. The van der Waals surface area contributed by atoms with Crippen molar-refractivity contribution in [2.45, 2.75) is 201 Å². The minimum atomic E-state index is -0.875. The van der Waals surface area contributed by atoms with Gasteiger partial charge in [0.25, 0.3) is 0 Å². The number of carboxylic acid groups (broad SMARTS) is 1. The molecule has 9 atom stereocenters. The van der Waals surface area contributed by atoms with Gasteiger partial charge in [0.1, 0.15) is 11.7 Å². The van der Waals surface area contributed by atoms with Crippen LogP contribution in [-0.4, -0.2) is 16.9 Å². The van der Waals surface area contributed by atoms with Crippen molar-refractivity contribution in [1.29, 1.82) is 0 Å². The van der Waals surface area contributed by atoms with Crippen LogP contribution in [0.5, 0.6) is 0 Å².